The van der Waals surface area contributed by atoms with Crippen LogP contribution in [0.3, 0.4) is 0 Å². The van der Waals surface area contributed by atoms with E-state index in [4.69, 9.17) is 16.3 Å². The fourth-order valence-corrected chi connectivity index (χ4v) is 2.93. The molecule has 3 rings (SSSR count). The molecule has 0 saturated carbocycles. The average molecular weight is 395 g/mol. The molecule has 0 bridgehead atoms. The Hall–Kier alpha value is -1.92. The van der Waals surface area contributed by atoms with E-state index in [2.05, 4.69) is 26.0 Å². The second kappa shape index (κ2) is 6.29. The lowest BCUT2D eigenvalue weighted by molar-refractivity contribution is 0.0526. The summed E-state index contributed by atoms with van der Waals surface area (Å²) in [5.41, 5.74) is 2.41. The molecule has 7 heteroatoms. The van der Waals surface area contributed by atoms with Crippen LogP contribution in [0.1, 0.15) is 23.0 Å². The normalized spacial score (nSPS) is 11.0. The molecule has 0 saturated heterocycles. The lowest BCUT2D eigenvalue weighted by atomic mass is 10.2. The van der Waals surface area contributed by atoms with Crippen molar-refractivity contribution in [1.29, 1.82) is 0 Å². The second-order valence-corrected chi connectivity index (χ2v) is 6.17. The van der Waals surface area contributed by atoms with Crippen LogP contribution in [-0.4, -0.2) is 27.3 Å². The Balaban J connectivity index is 2.19. The number of carbonyl (C=O) groups is 1. The number of pyridine rings is 1. The fourth-order valence-electron chi connectivity index (χ4n) is 2.32. The molecule has 0 amide bonds. The summed E-state index contributed by atoms with van der Waals surface area (Å²) in [7, 11) is 0. The Morgan fingerprint density at radius 2 is 2.04 bits per heavy atom. The molecule has 0 aliphatic heterocycles. The van der Waals surface area contributed by atoms with E-state index in [0.717, 1.165) is 10.2 Å². The van der Waals surface area contributed by atoms with Crippen molar-refractivity contribution < 1.29 is 9.53 Å². The first kappa shape index (κ1) is 16.0. The zero-order chi connectivity index (χ0) is 16.6. The molecule has 2 heterocycles. The van der Waals surface area contributed by atoms with Crippen LogP contribution in [0.5, 0.6) is 0 Å². The molecule has 0 N–H and O–H groups in total. The molecule has 0 radical (unpaired) electrons. The molecule has 2 aromatic heterocycles. The van der Waals surface area contributed by atoms with E-state index in [-0.39, 0.29) is 12.2 Å². The van der Waals surface area contributed by atoms with Gasteiger partial charge in [0.15, 0.2) is 5.65 Å². The van der Waals surface area contributed by atoms with Crippen LogP contribution in [0, 0.1) is 6.92 Å². The zero-order valence-electron chi connectivity index (χ0n) is 12.5. The molecule has 0 unspecified atom stereocenters. The van der Waals surface area contributed by atoms with Gasteiger partial charge in [-0.3, -0.25) is 0 Å². The highest BCUT2D eigenvalue weighted by Crippen LogP contribution is 2.30. The third-order valence-electron chi connectivity index (χ3n) is 3.37. The number of rotatable bonds is 3. The van der Waals surface area contributed by atoms with Crippen molar-refractivity contribution in [3.8, 4) is 5.69 Å². The van der Waals surface area contributed by atoms with Crippen molar-refractivity contribution in [2.24, 2.45) is 0 Å². The molecule has 3 aromatic rings. The van der Waals surface area contributed by atoms with E-state index < -0.39 is 5.97 Å². The first-order valence-corrected chi connectivity index (χ1v) is 8.17. The van der Waals surface area contributed by atoms with Crippen LogP contribution in [-0.2, 0) is 4.74 Å². The highest BCUT2D eigenvalue weighted by Gasteiger charge is 2.20. The summed E-state index contributed by atoms with van der Waals surface area (Å²) >= 11 is 9.81. The van der Waals surface area contributed by atoms with Gasteiger partial charge in [0.25, 0.3) is 0 Å². The maximum absolute atomic E-state index is 12.0. The minimum Gasteiger partial charge on any atom is -0.462 e. The average Bonchev–Trinajstić information content (AvgIpc) is 2.86. The Morgan fingerprint density at radius 1 is 1.35 bits per heavy atom. The number of aryl methyl sites for hydroxylation is 1. The Bertz CT molecular complexity index is 890. The number of ether oxygens (including phenoxy) is 1. The van der Waals surface area contributed by atoms with Gasteiger partial charge in [-0.25, -0.2) is 14.5 Å². The Kier molecular flexibility index (Phi) is 4.37. The predicted octanol–water partition coefficient (Wildman–Crippen LogP) is 4.32. The van der Waals surface area contributed by atoms with Crippen LogP contribution < -0.4 is 0 Å². The summed E-state index contributed by atoms with van der Waals surface area (Å²) in [5.74, 6) is -0.484. The van der Waals surface area contributed by atoms with Gasteiger partial charge in [0, 0.05) is 10.7 Å². The highest BCUT2D eigenvalue weighted by atomic mass is 79.9. The van der Waals surface area contributed by atoms with Gasteiger partial charge in [-0.15, -0.1) is 0 Å². The summed E-state index contributed by atoms with van der Waals surface area (Å²) in [6.07, 6.45) is 1.43. The number of hydrogen-bond acceptors (Lipinski definition) is 4. The van der Waals surface area contributed by atoms with Gasteiger partial charge in [0.1, 0.15) is 0 Å². The van der Waals surface area contributed by atoms with E-state index in [1.165, 1.54) is 6.20 Å². The quantitative estimate of drug-likeness (QED) is 0.621. The van der Waals surface area contributed by atoms with Crippen molar-refractivity contribution in [2.75, 3.05) is 6.61 Å². The number of halogens is 2. The molecule has 23 heavy (non-hydrogen) atoms. The molecule has 0 fully saturated rings. The van der Waals surface area contributed by atoms with Crippen LogP contribution >= 0.6 is 27.5 Å². The number of nitrogens with zero attached hydrogens (tertiary/aromatic N) is 3. The van der Waals surface area contributed by atoms with Crippen LogP contribution in [0.15, 0.2) is 34.9 Å². The number of aromatic nitrogens is 3. The lowest BCUT2D eigenvalue weighted by Gasteiger charge is -2.06. The summed E-state index contributed by atoms with van der Waals surface area (Å²) < 4.78 is 7.69. The first-order chi connectivity index (χ1) is 11.0. The molecule has 0 spiro atoms. The summed E-state index contributed by atoms with van der Waals surface area (Å²) in [6.45, 7) is 3.86. The van der Waals surface area contributed by atoms with Crippen molar-refractivity contribution in [2.45, 2.75) is 13.8 Å². The fraction of sp³-hybridized carbons (Fsp3) is 0.188. The Morgan fingerprint density at radius 3 is 2.70 bits per heavy atom. The van der Waals surface area contributed by atoms with Gasteiger partial charge >= 0.3 is 5.97 Å². The maximum Gasteiger partial charge on any atom is 0.341 e. The molecular formula is C16H13BrClN3O2. The minimum absolute atomic E-state index is 0.250. The zero-order valence-corrected chi connectivity index (χ0v) is 14.8. The van der Waals surface area contributed by atoms with E-state index in [1.807, 2.05) is 31.2 Å². The third-order valence-corrected chi connectivity index (χ3v) is 4.30. The lowest BCUT2D eigenvalue weighted by Crippen LogP contribution is -2.06. The standard InChI is InChI=1S/C16H13BrClN3O2/c1-3-23-16(22)12-8-19-15-13(14(12)18)9(2)20-21(15)11-6-4-10(17)5-7-11/h4-8H,3H2,1-2H3. The summed E-state index contributed by atoms with van der Waals surface area (Å²) in [4.78, 5) is 16.3. The number of hydrogen-bond donors (Lipinski definition) is 0. The van der Waals surface area contributed by atoms with Gasteiger partial charge in [0.2, 0.25) is 0 Å². The van der Waals surface area contributed by atoms with Crippen molar-refractivity contribution in [3.63, 3.8) is 0 Å². The number of fused-ring (bicyclic) bond motifs is 1. The Labute approximate surface area is 146 Å². The summed E-state index contributed by atoms with van der Waals surface area (Å²) in [5, 5.41) is 5.47. The second-order valence-electron chi connectivity index (χ2n) is 4.88. The number of benzene rings is 1. The van der Waals surface area contributed by atoms with Gasteiger partial charge < -0.3 is 4.74 Å². The molecule has 0 aliphatic carbocycles. The van der Waals surface area contributed by atoms with E-state index in [9.17, 15) is 4.79 Å². The number of esters is 1. The van der Waals surface area contributed by atoms with Crippen LogP contribution in [0.25, 0.3) is 16.7 Å². The monoisotopic (exact) mass is 393 g/mol. The smallest absolute Gasteiger partial charge is 0.341 e. The molecule has 118 valence electrons. The highest BCUT2D eigenvalue weighted by molar-refractivity contribution is 9.10. The molecule has 1 aromatic carbocycles. The maximum atomic E-state index is 12.0. The van der Waals surface area contributed by atoms with Gasteiger partial charge in [-0.05, 0) is 38.1 Å². The molecule has 0 atom stereocenters. The summed E-state index contributed by atoms with van der Waals surface area (Å²) in [6, 6.07) is 7.69. The van der Waals surface area contributed by atoms with Crippen LogP contribution in [0.4, 0.5) is 0 Å². The van der Waals surface area contributed by atoms with Gasteiger partial charge in [-0.2, -0.15) is 5.10 Å². The van der Waals surface area contributed by atoms with E-state index in [1.54, 1.807) is 11.6 Å². The predicted molar refractivity (Wildman–Crippen MR) is 92.3 cm³/mol. The first-order valence-electron chi connectivity index (χ1n) is 6.99. The van der Waals surface area contributed by atoms with Crippen molar-refractivity contribution >= 4 is 44.5 Å². The van der Waals surface area contributed by atoms with E-state index in [0.29, 0.717) is 21.7 Å². The minimum atomic E-state index is -0.484. The van der Waals surface area contributed by atoms with Gasteiger partial charge in [0.05, 0.1) is 34.0 Å². The topological polar surface area (TPSA) is 57.0 Å². The van der Waals surface area contributed by atoms with Crippen LogP contribution in [0.2, 0.25) is 5.02 Å². The largest absolute Gasteiger partial charge is 0.462 e. The molecule has 0 aliphatic rings. The number of carbonyl (C=O) groups excluding carboxylic acids is 1. The molecular weight excluding hydrogens is 382 g/mol. The third kappa shape index (κ3) is 2.84. The SMILES string of the molecule is CCOC(=O)c1cnc2c(c(C)nn2-c2ccc(Br)cc2)c1Cl. The van der Waals surface area contributed by atoms with Crippen molar-refractivity contribution in [3.05, 3.63) is 51.2 Å². The molecule has 5 nitrogen and oxygen atoms in total. The van der Waals surface area contributed by atoms with E-state index >= 15 is 0 Å². The van der Waals surface area contributed by atoms with Gasteiger partial charge in [-0.1, -0.05) is 27.5 Å². The van der Waals surface area contributed by atoms with Crippen molar-refractivity contribution in [1.82, 2.24) is 14.8 Å².